The Morgan fingerprint density at radius 2 is 0.560 bits per heavy atom. The Morgan fingerprint density at radius 1 is 0.280 bits per heavy atom. The van der Waals surface area contributed by atoms with Crippen LogP contribution in [-0.2, 0) is 162 Å². The number of amides is 9. The minimum atomic E-state index is -1.35. The smallest absolute Gasteiger partial charge is 0.303 e. The Kier molecular flexibility index (Phi) is 53.8. The van der Waals surface area contributed by atoms with Crippen LogP contribution in [0.2, 0.25) is 0 Å². The molecule has 3 aliphatic rings. The summed E-state index contributed by atoms with van der Waals surface area (Å²) in [7, 11) is 1.57. The molecule has 3 heterocycles. The predicted molar refractivity (Wildman–Crippen MR) is 434 cm³/mol. The van der Waals surface area contributed by atoms with E-state index in [0.29, 0.717) is 109 Å². The van der Waals surface area contributed by atoms with Gasteiger partial charge in [0, 0.05) is 168 Å². The van der Waals surface area contributed by atoms with Gasteiger partial charge in [0.15, 0.2) is 55.5 Å². The van der Waals surface area contributed by atoms with E-state index in [0.717, 1.165) is 62.3 Å². The van der Waals surface area contributed by atoms with Gasteiger partial charge >= 0.3 is 53.7 Å². The molecule has 9 N–H and O–H groups in total. The van der Waals surface area contributed by atoms with E-state index in [9.17, 15) is 86.3 Å². The van der Waals surface area contributed by atoms with Crippen molar-refractivity contribution in [1.82, 2.24) is 47.9 Å². The molecule has 3 saturated heterocycles. The summed E-state index contributed by atoms with van der Waals surface area (Å²) < 4.78 is 89.9. The van der Waals surface area contributed by atoms with E-state index in [1.54, 1.807) is 7.11 Å². The van der Waals surface area contributed by atoms with Crippen LogP contribution in [0.15, 0.2) is 0 Å². The maximum Gasteiger partial charge on any atom is 0.303 e. The van der Waals surface area contributed by atoms with Crippen LogP contribution in [-0.4, -0.2) is 290 Å². The molecule has 0 spiro atoms. The summed E-state index contributed by atoms with van der Waals surface area (Å²) in [5.74, 6) is -10.8. The standard InChI is InChI=1S/C82H133N9O34/c1-48(92)87-69-75(120-57(10)101)72(117-54(7)98)62(45-114-51(4)95)123-80(69)111-42-27-15-19-34-65(104)83-37-25-22-31-60(78(108)86-39-24-14-18-33-67(106)85-40-30-41-110-13)91-79(109)61(90-68(107)36-21-17-29-44-113-82-71(89-50(3)94)77(122-59(12)103)74(119-56(9)100)64(125-82)47-116-53(6)97)32-23-26-38-84-66(105)35-20-16-28-43-112-81-70(88-49(2)93)76(121-58(11)102)73(118-55(8)99)63(124-81)46-115-52(5)96/h60-64,69-77,80-82H,14-47H2,1-13H3,(H,83,104)(H,84,105)(H,85,106)(H,86,108)(H,87,92)(H,88,93)(H,89,94)(H,90,107)(H,91,109). The number of carbonyl (C=O) groups excluding carboxylic acids is 18. The summed E-state index contributed by atoms with van der Waals surface area (Å²) in [5, 5.41) is 25.1. The molecule has 0 saturated carbocycles. The average Bonchev–Trinajstić information content (AvgIpc) is 0.796. The van der Waals surface area contributed by atoms with Gasteiger partial charge in [-0.25, -0.2) is 0 Å². The van der Waals surface area contributed by atoms with E-state index in [-0.39, 0.29) is 109 Å². The van der Waals surface area contributed by atoms with Gasteiger partial charge in [-0.3, -0.25) is 86.3 Å². The van der Waals surface area contributed by atoms with E-state index < -0.39 is 213 Å². The molecular weight excluding hydrogens is 1650 g/mol. The molecular formula is C82H133N9O34. The highest BCUT2D eigenvalue weighted by Gasteiger charge is 2.54. The molecule has 9 amide bonds. The third kappa shape index (κ3) is 46.8. The monoisotopic (exact) mass is 1790 g/mol. The number of hydrogen-bond donors (Lipinski definition) is 9. The number of unbranched alkanes of at least 4 members (excludes halogenated alkanes) is 10. The summed E-state index contributed by atoms with van der Waals surface area (Å²) in [4.78, 5) is 228. The molecule has 0 radical (unpaired) electrons. The van der Waals surface area contributed by atoms with Gasteiger partial charge in [0.05, 0.1) is 0 Å². The van der Waals surface area contributed by atoms with E-state index in [4.69, 9.17) is 75.8 Å². The number of hydrogen-bond acceptors (Lipinski definition) is 34. The first-order chi connectivity index (χ1) is 59.4. The lowest BCUT2D eigenvalue weighted by Crippen LogP contribution is -2.66. The Bertz CT molecular complexity index is 3460. The molecule has 0 aromatic carbocycles. The summed E-state index contributed by atoms with van der Waals surface area (Å²) in [6.07, 6.45) is -7.77. The second kappa shape index (κ2) is 61.5. The molecule has 3 aliphatic heterocycles. The highest BCUT2D eigenvalue weighted by atomic mass is 16.7. The van der Waals surface area contributed by atoms with E-state index in [1.165, 1.54) is 20.8 Å². The van der Waals surface area contributed by atoms with Gasteiger partial charge in [-0.15, -0.1) is 0 Å². The zero-order chi connectivity index (χ0) is 92.9. The highest BCUT2D eigenvalue weighted by molar-refractivity contribution is 5.92. The summed E-state index contributed by atoms with van der Waals surface area (Å²) >= 11 is 0. The minimum Gasteiger partial charge on any atom is -0.463 e. The third-order valence-electron chi connectivity index (χ3n) is 19.2. The van der Waals surface area contributed by atoms with Crippen molar-refractivity contribution in [2.24, 2.45) is 0 Å². The Morgan fingerprint density at radius 3 is 0.864 bits per heavy atom. The molecule has 3 fully saturated rings. The largest absolute Gasteiger partial charge is 0.463 e. The third-order valence-corrected chi connectivity index (χ3v) is 19.2. The summed E-state index contributed by atoms with van der Waals surface area (Å²) in [6, 6.07) is -5.89. The van der Waals surface area contributed by atoms with Crippen LogP contribution in [0.5, 0.6) is 0 Å². The molecule has 17 atom stereocenters. The van der Waals surface area contributed by atoms with Crippen molar-refractivity contribution in [1.29, 1.82) is 0 Å². The molecule has 0 aromatic rings. The number of carbonyl (C=O) groups is 18. The number of methoxy groups -OCH3 is 1. The van der Waals surface area contributed by atoms with E-state index in [2.05, 4.69) is 47.9 Å². The van der Waals surface area contributed by atoms with Crippen molar-refractivity contribution < 1.29 is 162 Å². The molecule has 0 bridgehead atoms. The first-order valence-corrected chi connectivity index (χ1v) is 42.6. The van der Waals surface area contributed by atoms with Crippen molar-refractivity contribution in [3.8, 4) is 0 Å². The predicted octanol–water partition coefficient (Wildman–Crippen LogP) is 1.06. The van der Waals surface area contributed by atoms with Gasteiger partial charge in [0.25, 0.3) is 0 Å². The molecule has 0 aliphatic carbocycles. The first-order valence-electron chi connectivity index (χ1n) is 42.6. The van der Waals surface area contributed by atoms with Gasteiger partial charge < -0.3 is 124 Å². The molecule has 43 heteroatoms. The van der Waals surface area contributed by atoms with Crippen molar-refractivity contribution in [2.45, 2.75) is 335 Å². The van der Waals surface area contributed by atoms with E-state index >= 15 is 0 Å². The maximum atomic E-state index is 14.6. The van der Waals surface area contributed by atoms with Crippen LogP contribution in [0.3, 0.4) is 0 Å². The lowest BCUT2D eigenvalue weighted by atomic mass is 9.96. The second-order valence-electron chi connectivity index (χ2n) is 30.4. The van der Waals surface area contributed by atoms with Crippen LogP contribution >= 0.6 is 0 Å². The first kappa shape index (κ1) is 109. The van der Waals surface area contributed by atoms with Crippen molar-refractivity contribution in [3.63, 3.8) is 0 Å². The Labute approximate surface area is 728 Å². The SMILES string of the molecule is COCCCNC(=O)CCCCCNC(=O)C(CCCCNC(=O)CCCCCOC1OC(COC(C)=O)C(OC(C)=O)C(OC(C)=O)C1NC(C)=O)NC(=O)C(CCCCNC(=O)CCCCCOC1OC(COC(C)=O)C(OC(C)=O)C(OC(C)=O)C1NC(C)=O)NC(=O)CCCCCOC1OC(COC(C)=O)C(OC(C)=O)C(OC(C)=O)C1NC(C)=O. The average molecular weight is 1790 g/mol. The maximum absolute atomic E-state index is 14.6. The Balaban J connectivity index is 1.77. The molecule has 125 heavy (non-hydrogen) atoms. The van der Waals surface area contributed by atoms with E-state index in [1.807, 2.05) is 0 Å². The topological polar surface area (TPSA) is 563 Å². The fraction of sp³-hybridized carbons (Fsp3) is 0.780. The minimum absolute atomic E-state index is 0.0254. The number of nitrogens with one attached hydrogen (secondary N) is 9. The number of ether oxygens (including phenoxy) is 16. The quantitative estimate of drug-likeness (QED) is 0.0233. The van der Waals surface area contributed by atoms with Gasteiger partial charge in [0.2, 0.25) is 53.2 Å². The normalized spacial score (nSPS) is 22.4. The van der Waals surface area contributed by atoms with Crippen molar-refractivity contribution >= 4 is 107 Å². The van der Waals surface area contributed by atoms with Gasteiger partial charge in [-0.05, 0) is 96.3 Å². The van der Waals surface area contributed by atoms with Crippen LogP contribution in [0.1, 0.15) is 231 Å². The zero-order valence-electron chi connectivity index (χ0n) is 74.2. The number of rotatable bonds is 60. The highest BCUT2D eigenvalue weighted by Crippen LogP contribution is 2.32. The molecule has 43 nitrogen and oxygen atoms in total. The van der Waals surface area contributed by atoms with Gasteiger partial charge in [-0.1, -0.05) is 25.7 Å². The van der Waals surface area contributed by atoms with Crippen molar-refractivity contribution in [3.05, 3.63) is 0 Å². The zero-order valence-corrected chi connectivity index (χ0v) is 74.2. The lowest BCUT2D eigenvalue weighted by Gasteiger charge is -2.44. The van der Waals surface area contributed by atoms with Gasteiger partial charge in [-0.2, -0.15) is 0 Å². The summed E-state index contributed by atoms with van der Waals surface area (Å²) in [6.45, 7) is 14.0. The molecule has 0 aromatic heterocycles. The fourth-order valence-corrected chi connectivity index (χ4v) is 13.7. The van der Waals surface area contributed by atoms with Crippen LogP contribution < -0.4 is 47.9 Å². The second-order valence-corrected chi connectivity index (χ2v) is 30.4. The fourth-order valence-electron chi connectivity index (χ4n) is 13.7. The van der Waals surface area contributed by atoms with Gasteiger partial charge in [0.1, 0.15) is 68.3 Å². The lowest BCUT2D eigenvalue weighted by molar-refractivity contribution is -0.277. The Hall–Kier alpha value is -9.82. The van der Waals surface area contributed by atoms with Crippen LogP contribution in [0, 0.1) is 0 Å². The molecule has 17 unspecified atom stereocenters. The van der Waals surface area contributed by atoms with Crippen LogP contribution in [0.25, 0.3) is 0 Å². The van der Waals surface area contributed by atoms with Crippen LogP contribution in [0.4, 0.5) is 0 Å². The molecule has 710 valence electrons. The van der Waals surface area contributed by atoms with Crippen molar-refractivity contribution in [2.75, 3.05) is 79.5 Å². The summed E-state index contributed by atoms with van der Waals surface area (Å²) in [5.41, 5.74) is 0. The molecule has 3 rings (SSSR count). The number of esters is 9.